The van der Waals surface area contributed by atoms with Crippen LogP contribution in [0.3, 0.4) is 0 Å². The van der Waals surface area contributed by atoms with E-state index in [0.717, 1.165) is 17.7 Å². The van der Waals surface area contributed by atoms with Crippen LogP contribution in [0.1, 0.15) is 11.1 Å². The number of aryl methyl sites for hydroxylation is 1. The van der Waals surface area contributed by atoms with Gasteiger partial charge in [-0.3, -0.25) is 0 Å². The zero-order valence-corrected chi connectivity index (χ0v) is 11.1. The molecular weight excluding hydrogens is 265 g/mol. The lowest BCUT2D eigenvalue weighted by Gasteiger charge is -1.98. The van der Waals surface area contributed by atoms with Gasteiger partial charge in [0.05, 0.1) is 4.90 Å². The normalized spacial score (nSPS) is 11.9. The minimum atomic E-state index is -3.78. The van der Waals surface area contributed by atoms with Crippen LogP contribution >= 0.6 is 0 Å². The molecule has 98 valence electrons. The summed E-state index contributed by atoms with van der Waals surface area (Å²) in [6, 6.07) is 11.9. The average molecular weight is 277 g/mol. The molecule has 0 atom stereocenters. The van der Waals surface area contributed by atoms with E-state index < -0.39 is 15.8 Å². The van der Waals surface area contributed by atoms with Crippen LogP contribution in [0, 0.1) is 12.7 Å². The smallest absolute Gasteiger partial charge is 0.207 e. The Labute approximate surface area is 111 Å². The first-order valence-electron chi connectivity index (χ1n) is 5.60. The van der Waals surface area contributed by atoms with E-state index in [0.29, 0.717) is 5.56 Å². The van der Waals surface area contributed by atoms with Gasteiger partial charge in [0.2, 0.25) is 0 Å². The Kier molecular flexibility index (Phi) is 3.76. The Morgan fingerprint density at radius 2 is 1.58 bits per heavy atom. The molecule has 0 heterocycles. The molecular formula is C14H12FNO2S. The molecule has 0 bridgehead atoms. The van der Waals surface area contributed by atoms with Gasteiger partial charge < -0.3 is 0 Å². The van der Waals surface area contributed by atoms with Crippen molar-refractivity contribution < 1.29 is 12.8 Å². The number of nitrogens with zero attached hydrogens (tertiary/aromatic N) is 1. The van der Waals surface area contributed by atoms with Crippen LogP contribution in [-0.2, 0) is 10.0 Å². The van der Waals surface area contributed by atoms with Crippen LogP contribution in [0.5, 0.6) is 0 Å². The Bertz CT molecular complexity index is 689. The first-order chi connectivity index (χ1) is 8.97. The molecule has 2 aromatic carbocycles. The van der Waals surface area contributed by atoms with Crippen molar-refractivity contribution >= 4 is 16.2 Å². The van der Waals surface area contributed by atoms with Crippen molar-refractivity contribution in [2.24, 2.45) is 4.40 Å². The summed E-state index contributed by atoms with van der Waals surface area (Å²) in [4.78, 5) is -0.0303. The molecule has 0 N–H and O–H groups in total. The fourth-order valence-corrected chi connectivity index (χ4v) is 2.31. The topological polar surface area (TPSA) is 46.5 Å². The van der Waals surface area contributed by atoms with Crippen molar-refractivity contribution in [1.82, 2.24) is 0 Å². The van der Waals surface area contributed by atoms with Crippen LogP contribution in [0.25, 0.3) is 0 Å². The van der Waals surface area contributed by atoms with E-state index in [4.69, 9.17) is 0 Å². The second-order valence-corrected chi connectivity index (χ2v) is 5.71. The van der Waals surface area contributed by atoms with Crippen molar-refractivity contribution in [3.05, 3.63) is 65.5 Å². The van der Waals surface area contributed by atoms with E-state index in [9.17, 15) is 12.8 Å². The molecule has 0 aromatic heterocycles. The van der Waals surface area contributed by atoms with Gasteiger partial charge in [0, 0.05) is 6.21 Å². The highest BCUT2D eigenvalue weighted by Gasteiger charge is 2.11. The summed E-state index contributed by atoms with van der Waals surface area (Å²) in [6.45, 7) is 1.94. The molecule has 0 aliphatic carbocycles. The van der Waals surface area contributed by atoms with Crippen molar-refractivity contribution in [1.29, 1.82) is 0 Å². The standard InChI is InChI=1S/C14H12FNO2S/c1-11-2-4-12(5-3-11)10-16-19(17,18)14-8-6-13(15)7-9-14/h2-10H,1H3. The summed E-state index contributed by atoms with van der Waals surface area (Å²) >= 11 is 0. The molecule has 0 saturated heterocycles. The molecule has 0 aliphatic heterocycles. The van der Waals surface area contributed by atoms with E-state index in [1.165, 1.54) is 18.3 Å². The third kappa shape index (κ3) is 3.48. The van der Waals surface area contributed by atoms with E-state index in [1.54, 1.807) is 12.1 Å². The number of sulfonamides is 1. The molecule has 2 rings (SSSR count). The lowest BCUT2D eigenvalue weighted by Crippen LogP contribution is -1.97. The number of benzene rings is 2. The maximum Gasteiger partial charge on any atom is 0.282 e. The number of hydrogen-bond donors (Lipinski definition) is 0. The van der Waals surface area contributed by atoms with Crippen LogP contribution in [0.15, 0.2) is 57.8 Å². The van der Waals surface area contributed by atoms with E-state index >= 15 is 0 Å². The van der Waals surface area contributed by atoms with Crippen molar-refractivity contribution in [2.75, 3.05) is 0 Å². The summed E-state index contributed by atoms with van der Waals surface area (Å²) in [5.74, 6) is -0.485. The highest BCUT2D eigenvalue weighted by atomic mass is 32.2. The predicted octanol–water partition coefficient (Wildman–Crippen LogP) is 2.94. The van der Waals surface area contributed by atoms with Gasteiger partial charge in [-0.15, -0.1) is 0 Å². The quantitative estimate of drug-likeness (QED) is 0.810. The van der Waals surface area contributed by atoms with Gasteiger partial charge in [-0.05, 0) is 36.8 Å². The molecule has 0 saturated carbocycles. The predicted molar refractivity (Wildman–Crippen MR) is 72.4 cm³/mol. The number of halogens is 1. The molecule has 0 spiro atoms. The minimum absolute atomic E-state index is 0.0303. The number of rotatable bonds is 3. The fraction of sp³-hybridized carbons (Fsp3) is 0.0714. The minimum Gasteiger partial charge on any atom is -0.207 e. The van der Waals surface area contributed by atoms with Gasteiger partial charge in [0.25, 0.3) is 10.0 Å². The summed E-state index contributed by atoms with van der Waals surface area (Å²) < 4.78 is 40.0. The molecule has 0 radical (unpaired) electrons. The molecule has 0 unspecified atom stereocenters. The maximum absolute atomic E-state index is 12.7. The summed E-state index contributed by atoms with van der Waals surface area (Å²) in [5.41, 5.74) is 1.77. The first kappa shape index (κ1) is 13.4. The maximum atomic E-state index is 12.7. The lowest BCUT2D eigenvalue weighted by molar-refractivity contribution is 0.597. The van der Waals surface area contributed by atoms with Gasteiger partial charge in [0.1, 0.15) is 5.82 Å². The Hall–Kier alpha value is -2.01. The van der Waals surface area contributed by atoms with Crippen molar-refractivity contribution in [2.45, 2.75) is 11.8 Å². The molecule has 0 amide bonds. The largest absolute Gasteiger partial charge is 0.282 e. The summed E-state index contributed by atoms with van der Waals surface area (Å²) in [6.07, 6.45) is 1.28. The Morgan fingerprint density at radius 3 is 2.16 bits per heavy atom. The first-order valence-corrected chi connectivity index (χ1v) is 7.04. The zero-order valence-electron chi connectivity index (χ0n) is 10.2. The summed E-state index contributed by atoms with van der Waals surface area (Å²) in [7, 11) is -3.78. The Balaban J connectivity index is 2.26. The average Bonchev–Trinajstić information content (AvgIpc) is 2.39. The molecule has 3 nitrogen and oxygen atoms in total. The molecule has 5 heteroatoms. The van der Waals surface area contributed by atoms with Crippen LogP contribution in [0.4, 0.5) is 4.39 Å². The highest BCUT2D eigenvalue weighted by Crippen LogP contribution is 2.13. The van der Waals surface area contributed by atoms with Crippen LogP contribution in [-0.4, -0.2) is 14.6 Å². The third-order valence-corrected chi connectivity index (χ3v) is 3.78. The zero-order chi connectivity index (χ0) is 13.9. The van der Waals surface area contributed by atoms with Crippen molar-refractivity contribution in [3.63, 3.8) is 0 Å². The Morgan fingerprint density at radius 1 is 1.00 bits per heavy atom. The van der Waals surface area contributed by atoms with E-state index in [-0.39, 0.29) is 4.90 Å². The second-order valence-electron chi connectivity index (χ2n) is 4.07. The van der Waals surface area contributed by atoms with Gasteiger partial charge in [-0.25, -0.2) is 4.39 Å². The fourth-order valence-electron chi connectivity index (χ4n) is 1.45. The molecule has 0 aliphatic rings. The SMILES string of the molecule is Cc1ccc(C=NS(=O)(=O)c2ccc(F)cc2)cc1. The van der Waals surface area contributed by atoms with Crippen molar-refractivity contribution in [3.8, 4) is 0 Å². The monoisotopic (exact) mass is 277 g/mol. The van der Waals surface area contributed by atoms with Gasteiger partial charge in [-0.2, -0.15) is 12.8 Å². The van der Waals surface area contributed by atoms with Gasteiger partial charge in [0.15, 0.2) is 0 Å². The van der Waals surface area contributed by atoms with Crippen LogP contribution in [0.2, 0.25) is 0 Å². The number of hydrogen-bond acceptors (Lipinski definition) is 2. The summed E-state index contributed by atoms with van der Waals surface area (Å²) in [5, 5.41) is 0. The highest BCUT2D eigenvalue weighted by molar-refractivity contribution is 7.90. The van der Waals surface area contributed by atoms with Gasteiger partial charge in [-0.1, -0.05) is 29.8 Å². The second kappa shape index (κ2) is 5.32. The lowest BCUT2D eigenvalue weighted by atomic mass is 10.2. The molecule has 19 heavy (non-hydrogen) atoms. The van der Waals surface area contributed by atoms with Gasteiger partial charge >= 0.3 is 0 Å². The molecule has 0 fully saturated rings. The third-order valence-electron chi connectivity index (χ3n) is 2.53. The van der Waals surface area contributed by atoms with E-state index in [1.807, 2.05) is 19.1 Å². The molecule has 2 aromatic rings. The van der Waals surface area contributed by atoms with E-state index in [2.05, 4.69) is 4.40 Å². The van der Waals surface area contributed by atoms with Crippen LogP contribution < -0.4 is 0 Å².